The van der Waals surface area contributed by atoms with Gasteiger partial charge in [-0.3, -0.25) is 0 Å². The van der Waals surface area contributed by atoms with Crippen molar-refractivity contribution in [1.82, 2.24) is 0 Å². The minimum absolute atomic E-state index is 0.362. The van der Waals surface area contributed by atoms with Gasteiger partial charge in [0.25, 0.3) is 0 Å². The van der Waals surface area contributed by atoms with Gasteiger partial charge in [-0.1, -0.05) is 64.0 Å². The van der Waals surface area contributed by atoms with Crippen molar-refractivity contribution in [2.45, 2.75) is 83.5 Å². The highest BCUT2D eigenvalue weighted by molar-refractivity contribution is 5.91. The smallest absolute Gasteiger partial charge is 0.343 e. The molecule has 1 saturated carbocycles. The fraction of sp³-hybridized carbons (Fsp3) is 0.500. The summed E-state index contributed by atoms with van der Waals surface area (Å²) in [6.07, 6.45) is 14.9. The van der Waals surface area contributed by atoms with Crippen LogP contribution in [-0.4, -0.2) is 5.97 Å². The fourth-order valence-electron chi connectivity index (χ4n) is 4.65. The molecule has 2 aromatic rings. The number of carbonyl (C=O) groups is 1. The Hall–Kier alpha value is -2.60. The quantitative estimate of drug-likeness (QED) is 0.225. The number of unbranched alkanes of at least 4 members (excludes halogenated alkanes) is 5. The van der Waals surface area contributed by atoms with Crippen LogP contribution in [-0.2, 0) is 0 Å². The van der Waals surface area contributed by atoms with Crippen LogP contribution < -0.4 is 4.74 Å². The largest absolute Gasteiger partial charge is 0.423 e. The molecule has 0 spiro atoms. The predicted molar refractivity (Wildman–Crippen MR) is 125 cm³/mol. The number of ether oxygens (including phenoxy) is 1. The molecule has 0 amide bonds. The molecule has 1 aliphatic carbocycles. The van der Waals surface area contributed by atoms with E-state index in [-0.39, 0.29) is 5.97 Å². The summed E-state index contributed by atoms with van der Waals surface area (Å²) in [7, 11) is 0. The van der Waals surface area contributed by atoms with E-state index in [1.807, 2.05) is 12.1 Å². The molecular weight excluding hydrogens is 382 g/mol. The van der Waals surface area contributed by atoms with Crippen LogP contribution in [0.15, 0.2) is 48.5 Å². The number of hydrogen-bond donors (Lipinski definition) is 0. The number of rotatable bonds is 10. The van der Waals surface area contributed by atoms with Crippen molar-refractivity contribution < 1.29 is 9.53 Å². The molecule has 164 valence electrons. The first-order valence-corrected chi connectivity index (χ1v) is 12.0. The second-order valence-corrected chi connectivity index (χ2v) is 8.92. The standard InChI is InChI=1S/C28H35NO2/c1-2-3-4-5-6-7-8-22-9-13-24(14-10-22)25-15-17-26(18-16-25)28(30)31-27-19-11-23(21-29)12-20-27/h11-12,15-20,22,24H,2-10,13-14H2,1H3. The Kier molecular flexibility index (Phi) is 9.16. The van der Waals surface area contributed by atoms with Gasteiger partial charge in [0, 0.05) is 0 Å². The third kappa shape index (κ3) is 7.24. The molecule has 0 heterocycles. The normalized spacial score (nSPS) is 18.3. The third-order valence-electron chi connectivity index (χ3n) is 6.62. The maximum atomic E-state index is 12.4. The zero-order valence-electron chi connectivity index (χ0n) is 18.8. The van der Waals surface area contributed by atoms with Gasteiger partial charge in [0.1, 0.15) is 5.75 Å². The van der Waals surface area contributed by atoms with Gasteiger partial charge >= 0.3 is 5.97 Å². The second kappa shape index (κ2) is 12.3. The molecule has 31 heavy (non-hydrogen) atoms. The van der Waals surface area contributed by atoms with Crippen molar-refractivity contribution in [3.05, 3.63) is 65.2 Å². The average molecular weight is 418 g/mol. The first-order chi connectivity index (χ1) is 15.2. The van der Waals surface area contributed by atoms with E-state index in [4.69, 9.17) is 10.00 Å². The van der Waals surface area contributed by atoms with E-state index < -0.39 is 0 Å². The van der Waals surface area contributed by atoms with Gasteiger partial charge in [-0.15, -0.1) is 0 Å². The van der Waals surface area contributed by atoms with E-state index in [2.05, 4.69) is 25.1 Å². The molecule has 0 saturated heterocycles. The minimum Gasteiger partial charge on any atom is -0.423 e. The highest BCUT2D eigenvalue weighted by Crippen LogP contribution is 2.37. The Morgan fingerprint density at radius 1 is 0.903 bits per heavy atom. The van der Waals surface area contributed by atoms with Crippen molar-refractivity contribution in [1.29, 1.82) is 5.26 Å². The Morgan fingerprint density at radius 3 is 2.19 bits per heavy atom. The lowest BCUT2D eigenvalue weighted by atomic mass is 9.77. The average Bonchev–Trinajstić information content (AvgIpc) is 2.82. The van der Waals surface area contributed by atoms with Crippen LogP contribution in [0.2, 0.25) is 0 Å². The number of benzene rings is 2. The van der Waals surface area contributed by atoms with Crippen LogP contribution in [0.25, 0.3) is 0 Å². The molecule has 0 bridgehead atoms. The van der Waals surface area contributed by atoms with Crippen LogP contribution in [0.1, 0.15) is 105 Å². The summed E-state index contributed by atoms with van der Waals surface area (Å²) < 4.78 is 5.42. The van der Waals surface area contributed by atoms with E-state index >= 15 is 0 Å². The Labute approximate surface area is 187 Å². The first kappa shape index (κ1) is 23.1. The monoisotopic (exact) mass is 417 g/mol. The molecule has 0 atom stereocenters. The first-order valence-electron chi connectivity index (χ1n) is 12.0. The van der Waals surface area contributed by atoms with Crippen LogP contribution >= 0.6 is 0 Å². The molecule has 3 heteroatoms. The van der Waals surface area contributed by atoms with Crippen molar-refractivity contribution in [3.8, 4) is 11.8 Å². The number of carbonyl (C=O) groups excluding carboxylic acids is 1. The number of nitriles is 1. The molecule has 1 aliphatic rings. The Balaban J connectivity index is 1.42. The summed E-state index contributed by atoms with van der Waals surface area (Å²) in [6, 6.07) is 16.6. The van der Waals surface area contributed by atoms with Gasteiger partial charge < -0.3 is 4.74 Å². The van der Waals surface area contributed by atoms with Gasteiger partial charge in [-0.2, -0.15) is 5.26 Å². The highest BCUT2D eigenvalue weighted by atomic mass is 16.5. The van der Waals surface area contributed by atoms with E-state index in [0.717, 1.165) is 5.92 Å². The topological polar surface area (TPSA) is 50.1 Å². The summed E-state index contributed by atoms with van der Waals surface area (Å²) in [4.78, 5) is 12.4. The number of nitrogens with zero attached hydrogens (tertiary/aromatic N) is 1. The number of esters is 1. The maximum Gasteiger partial charge on any atom is 0.343 e. The highest BCUT2D eigenvalue weighted by Gasteiger charge is 2.22. The molecule has 0 aliphatic heterocycles. The second-order valence-electron chi connectivity index (χ2n) is 8.92. The third-order valence-corrected chi connectivity index (χ3v) is 6.62. The molecular formula is C28H35NO2. The van der Waals surface area contributed by atoms with E-state index in [0.29, 0.717) is 22.8 Å². The van der Waals surface area contributed by atoms with E-state index in [1.165, 1.54) is 76.2 Å². The molecule has 0 aromatic heterocycles. The summed E-state index contributed by atoms with van der Waals surface area (Å²) in [5, 5.41) is 8.85. The SMILES string of the molecule is CCCCCCCCC1CCC(c2ccc(C(=O)Oc3ccc(C#N)cc3)cc2)CC1. The van der Waals surface area contributed by atoms with Gasteiger partial charge in [0.2, 0.25) is 0 Å². The summed E-state index contributed by atoms with van der Waals surface area (Å²) in [5.41, 5.74) is 2.45. The van der Waals surface area contributed by atoms with Crippen molar-refractivity contribution in [2.75, 3.05) is 0 Å². The molecule has 0 unspecified atom stereocenters. The maximum absolute atomic E-state index is 12.4. The summed E-state index contributed by atoms with van der Waals surface area (Å²) >= 11 is 0. The number of hydrogen-bond acceptors (Lipinski definition) is 3. The van der Waals surface area contributed by atoms with Crippen LogP contribution in [0.3, 0.4) is 0 Å². The van der Waals surface area contributed by atoms with Gasteiger partial charge in [-0.25, -0.2) is 4.79 Å². The minimum atomic E-state index is -0.362. The molecule has 2 aromatic carbocycles. The van der Waals surface area contributed by atoms with E-state index in [9.17, 15) is 4.79 Å². The van der Waals surface area contributed by atoms with Crippen LogP contribution in [0, 0.1) is 17.2 Å². The molecule has 3 rings (SSSR count). The van der Waals surface area contributed by atoms with Gasteiger partial charge in [0.05, 0.1) is 17.2 Å². The van der Waals surface area contributed by atoms with Crippen molar-refractivity contribution >= 4 is 5.97 Å². The fourth-order valence-corrected chi connectivity index (χ4v) is 4.65. The molecule has 3 nitrogen and oxygen atoms in total. The zero-order chi connectivity index (χ0) is 21.9. The Morgan fingerprint density at radius 2 is 1.55 bits per heavy atom. The summed E-state index contributed by atoms with van der Waals surface area (Å²) in [5.74, 6) is 1.61. The van der Waals surface area contributed by atoms with Gasteiger partial charge in [0.15, 0.2) is 0 Å². The van der Waals surface area contributed by atoms with Crippen LogP contribution in [0.4, 0.5) is 0 Å². The summed E-state index contributed by atoms with van der Waals surface area (Å²) in [6.45, 7) is 2.27. The lowest BCUT2D eigenvalue weighted by molar-refractivity contribution is 0.0734. The predicted octanol–water partition coefficient (Wildman–Crippen LogP) is 7.80. The molecule has 1 fully saturated rings. The van der Waals surface area contributed by atoms with Crippen molar-refractivity contribution in [2.24, 2.45) is 5.92 Å². The lowest BCUT2D eigenvalue weighted by Crippen LogP contribution is -2.14. The Bertz CT molecular complexity index is 840. The lowest BCUT2D eigenvalue weighted by Gasteiger charge is -2.29. The molecule has 0 N–H and O–H groups in total. The van der Waals surface area contributed by atoms with E-state index in [1.54, 1.807) is 24.3 Å². The zero-order valence-corrected chi connectivity index (χ0v) is 18.8. The van der Waals surface area contributed by atoms with Gasteiger partial charge in [-0.05, 0) is 79.5 Å². The van der Waals surface area contributed by atoms with Crippen LogP contribution in [0.5, 0.6) is 5.75 Å². The van der Waals surface area contributed by atoms with Crippen molar-refractivity contribution in [3.63, 3.8) is 0 Å². The molecule has 0 radical (unpaired) electrons.